The zero-order valence-corrected chi connectivity index (χ0v) is 12.5. The third-order valence-corrected chi connectivity index (χ3v) is 4.16. The number of nitro groups is 1. The normalized spacial score (nSPS) is 11.0. The molecule has 3 rings (SSSR count). The third kappa shape index (κ3) is 2.59. The molecule has 0 saturated heterocycles. The zero-order chi connectivity index (χ0) is 15.0. The van der Waals surface area contributed by atoms with E-state index in [1.807, 2.05) is 19.9 Å². The van der Waals surface area contributed by atoms with Gasteiger partial charge in [0.25, 0.3) is 5.69 Å². The Balaban J connectivity index is 1.84. The summed E-state index contributed by atoms with van der Waals surface area (Å²) in [6, 6.07) is 6.51. The van der Waals surface area contributed by atoms with Crippen LogP contribution in [0.3, 0.4) is 0 Å². The smallest absolute Gasteiger partial charge is 0.271 e. The Kier molecular flexibility index (Phi) is 3.34. The molecular weight excluding hydrogens is 288 g/mol. The molecule has 7 heteroatoms. The van der Waals surface area contributed by atoms with Crippen molar-refractivity contribution in [3.8, 4) is 0 Å². The summed E-state index contributed by atoms with van der Waals surface area (Å²) >= 11 is 1.65. The molecule has 0 aliphatic carbocycles. The van der Waals surface area contributed by atoms with Gasteiger partial charge in [-0.2, -0.15) is 0 Å². The number of benzene rings is 1. The van der Waals surface area contributed by atoms with Gasteiger partial charge in [-0.1, -0.05) is 6.07 Å². The molecule has 1 N–H and O–H groups in total. The lowest BCUT2D eigenvalue weighted by molar-refractivity contribution is -0.384. The standard InChI is InChI=1S/C14H14N4O2S/c1-9-8-17-13(10(2)16-14(17)21-9)7-15-11-4-3-5-12(6-11)18(19)20/h3-6,8,15H,7H2,1-2H3. The van der Waals surface area contributed by atoms with Crippen LogP contribution in [0, 0.1) is 24.0 Å². The van der Waals surface area contributed by atoms with Crippen LogP contribution in [0.1, 0.15) is 16.3 Å². The average molecular weight is 302 g/mol. The van der Waals surface area contributed by atoms with Crippen molar-refractivity contribution in [1.82, 2.24) is 9.38 Å². The first-order valence-corrected chi connectivity index (χ1v) is 7.28. The van der Waals surface area contributed by atoms with Crippen molar-refractivity contribution in [3.05, 3.63) is 56.8 Å². The van der Waals surface area contributed by atoms with Gasteiger partial charge in [0.1, 0.15) is 0 Å². The Morgan fingerprint density at radius 3 is 3.00 bits per heavy atom. The molecule has 0 atom stereocenters. The number of nitrogens with one attached hydrogen (secondary N) is 1. The molecule has 0 aliphatic heterocycles. The lowest BCUT2D eigenvalue weighted by atomic mass is 10.2. The van der Waals surface area contributed by atoms with Crippen LogP contribution in [0.2, 0.25) is 0 Å². The van der Waals surface area contributed by atoms with Crippen LogP contribution in [-0.4, -0.2) is 14.3 Å². The number of non-ortho nitro benzene ring substituents is 1. The lowest BCUT2D eigenvalue weighted by Crippen LogP contribution is -2.03. The highest BCUT2D eigenvalue weighted by molar-refractivity contribution is 7.17. The number of aromatic nitrogens is 2. The van der Waals surface area contributed by atoms with E-state index < -0.39 is 4.92 Å². The predicted octanol–water partition coefficient (Wildman–Crippen LogP) is 3.53. The summed E-state index contributed by atoms with van der Waals surface area (Å²) in [5.41, 5.74) is 2.85. The summed E-state index contributed by atoms with van der Waals surface area (Å²) in [6.45, 7) is 4.59. The zero-order valence-electron chi connectivity index (χ0n) is 11.7. The number of rotatable bonds is 4. The van der Waals surface area contributed by atoms with E-state index in [4.69, 9.17) is 0 Å². The highest BCUT2D eigenvalue weighted by atomic mass is 32.1. The summed E-state index contributed by atoms with van der Waals surface area (Å²) < 4.78 is 2.07. The van der Waals surface area contributed by atoms with Gasteiger partial charge in [0.15, 0.2) is 4.96 Å². The van der Waals surface area contributed by atoms with Crippen LogP contribution in [0.4, 0.5) is 11.4 Å². The van der Waals surface area contributed by atoms with Crippen molar-refractivity contribution in [1.29, 1.82) is 0 Å². The maximum Gasteiger partial charge on any atom is 0.271 e. The molecule has 0 saturated carbocycles. The van der Waals surface area contributed by atoms with E-state index in [1.165, 1.54) is 17.0 Å². The highest BCUT2D eigenvalue weighted by Gasteiger charge is 2.11. The fourth-order valence-electron chi connectivity index (χ4n) is 2.24. The van der Waals surface area contributed by atoms with Crippen LogP contribution >= 0.6 is 11.3 Å². The second kappa shape index (κ2) is 5.17. The number of aryl methyl sites for hydroxylation is 2. The largest absolute Gasteiger partial charge is 0.379 e. The summed E-state index contributed by atoms with van der Waals surface area (Å²) in [4.78, 5) is 17.1. The Labute approximate surface area is 125 Å². The molecule has 0 aliphatic rings. The number of anilines is 1. The maximum atomic E-state index is 10.8. The van der Waals surface area contributed by atoms with Crippen molar-refractivity contribution in [2.45, 2.75) is 20.4 Å². The van der Waals surface area contributed by atoms with E-state index in [9.17, 15) is 10.1 Å². The van der Waals surface area contributed by atoms with Gasteiger partial charge in [-0.3, -0.25) is 14.5 Å². The maximum absolute atomic E-state index is 10.8. The van der Waals surface area contributed by atoms with Crippen LogP contribution in [0.25, 0.3) is 4.96 Å². The minimum absolute atomic E-state index is 0.0848. The highest BCUT2D eigenvalue weighted by Crippen LogP contribution is 2.22. The predicted molar refractivity (Wildman–Crippen MR) is 83.0 cm³/mol. The molecule has 0 unspecified atom stereocenters. The minimum Gasteiger partial charge on any atom is -0.379 e. The monoisotopic (exact) mass is 302 g/mol. The van der Waals surface area contributed by atoms with Crippen LogP contribution < -0.4 is 5.32 Å². The van der Waals surface area contributed by atoms with Crippen molar-refractivity contribution >= 4 is 27.7 Å². The first-order valence-electron chi connectivity index (χ1n) is 6.47. The van der Waals surface area contributed by atoms with Crippen molar-refractivity contribution in [2.75, 3.05) is 5.32 Å². The van der Waals surface area contributed by atoms with Gasteiger partial charge in [0.2, 0.25) is 0 Å². The minimum atomic E-state index is -0.393. The average Bonchev–Trinajstić information content (AvgIpc) is 2.92. The summed E-state index contributed by atoms with van der Waals surface area (Å²) in [5, 5.41) is 14.0. The number of hydrogen-bond acceptors (Lipinski definition) is 5. The van der Waals surface area contributed by atoms with Crippen molar-refractivity contribution in [3.63, 3.8) is 0 Å². The Morgan fingerprint density at radius 2 is 2.24 bits per heavy atom. The molecule has 3 aromatic rings. The van der Waals surface area contributed by atoms with Gasteiger partial charge in [-0.25, -0.2) is 4.98 Å². The molecular formula is C14H14N4O2S. The van der Waals surface area contributed by atoms with Crippen LogP contribution in [0.15, 0.2) is 30.5 Å². The third-order valence-electron chi connectivity index (χ3n) is 3.26. The fraction of sp³-hybridized carbons (Fsp3) is 0.214. The molecule has 0 bridgehead atoms. The van der Waals surface area contributed by atoms with Crippen LogP contribution in [-0.2, 0) is 6.54 Å². The Bertz CT molecular complexity index is 822. The van der Waals surface area contributed by atoms with E-state index in [0.717, 1.165) is 22.0 Å². The second-order valence-electron chi connectivity index (χ2n) is 4.80. The Morgan fingerprint density at radius 1 is 1.43 bits per heavy atom. The van der Waals surface area contributed by atoms with Gasteiger partial charge >= 0.3 is 0 Å². The summed E-state index contributed by atoms with van der Waals surface area (Å²) in [7, 11) is 0. The topological polar surface area (TPSA) is 72.5 Å². The van der Waals surface area contributed by atoms with Crippen molar-refractivity contribution in [2.24, 2.45) is 0 Å². The Hall–Kier alpha value is -2.41. The molecule has 2 aromatic heterocycles. The molecule has 108 valence electrons. The van der Waals surface area contributed by atoms with E-state index in [1.54, 1.807) is 17.4 Å². The number of fused-ring (bicyclic) bond motifs is 1. The number of nitro benzene ring substituents is 1. The molecule has 0 fully saturated rings. The lowest BCUT2D eigenvalue weighted by Gasteiger charge is -2.06. The van der Waals surface area contributed by atoms with E-state index in [0.29, 0.717) is 6.54 Å². The first kappa shape index (κ1) is 13.6. The van der Waals surface area contributed by atoms with Gasteiger partial charge in [0, 0.05) is 28.9 Å². The fourth-order valence-corrected chi connectivity index (χ4v) is 3.13. The first-order chi connectivity index (χ1) is 10.0. The quantitative estimate of drug-likeness (QED) is 0.591. The van der Waals surface area contributed by atoms with Crippen LogP contribution in [0.5, 0.6) is 0 Å². The SMILES string of the molecule is Cc1cn2c(CNc3cccc([N+](=O)[O-])c3)c(C)nc2s1. The summed E-state index contributed by atoms with van der Waals surface area (Å²) in [5.74, 6) is 0. The van der Waals surface area contributed by atoms with Crippen molar-refractivity contribution < 1.29 is 4.92 Å². The molecule has 1 aromatic carbocycles. The molecule has 0 spiro atoms. The number of thiazole rings is 1. The molecule has 6 nitrogen and oxygen atoms in total. The van der Waals surface area contributed by atoms with Gasteiger partial charge in [-0.05, 0) is 19.9 Å². The molecule has 0 amide bonds. The number of imidazole rings is 1. The van der Waals surface area contributed by atoms with Gasteiger partial charge in [0.05, 0.1) is 22.9 Å². The second-order valence-corrected chi connectivity index (χ2v) is 6.01. The van der Waals surface area contributed by atoms with Gasteiger partial charge in [-0.15, -0.1) is 11.3 Å². The molecule has 21 heavy (non-hydrogen) atoms. The molecule has 0 radical (unpaired) electrons. The summed E-state index contributed by atoms with van der Waals surface area (Å²) in [6.07, 6.45) is 2.06. The van der Waals surface area contributed by atoms with E-state index in [-0.39, 0.29) is 5.69 Å². The number of nitrogens with zero attached hydrogens (tertiary/aromatic N) is 3. The molecule has 2 heterocycles. The van der Waals surface area contributed by atoms with Gasteiger partial charge < -0.3 is 5.32 Å². The van der Waals surface area contributed by atoms with E-state index in [2.05, 4.69) is 20.9 Å². The van der Waals surface area contributed by atoms with E-state index >= 15 is 0 Å². The number of hydrogen-bond donors (Lipinski definition) is 1.